The van der Waals surface area contributed by atoms with E-state index >= 15 is 0 Å². The van der Waals surface area contributed by atoms with Crippen molar-refractivity contribution >= 4 is 27.3 Å². The number of imidazole rings is 1. The molecule has 4 aromatic rings. The molecule has 0 aliphatic carbocycles. The molecule has 0 amide bonds. The van der Waals surface area contributed by atoms with Crippen LogP contribution in [0.15, 0.2) is 77.4 Å². The minimum Gasteiger partial charge on any atom is -0.373 e. The Kier molecular flexibility index (Phi) is 4.51. The topological polar surface area (TPSA) is 29.3 Å². The highest BCUT2D eigenvalue weighted by molar-refractivity contribution is 9.10. The van der Waals surface area contributed by atoms with Gasteiger partial charge in [-0.05, 0) is 55.3 Å². The van der Waals surface area contributed by atoms with Gasteiger partial charge in [0.15, 0.2) is 0 Å². The lowest BCUT2D eigenvalue weighted by Gasteiger charge is -2.21. The van der Waals surface area contributed by atoms with Crippen molar-refractivity contribution in [2.75, 3.05) is 5.32 Å². The number of fused-ring (bicyclic) bond motifs is 1. The van der Waals surface area contributed by atoms with Crippen molar-refractivity contribution in [3.8, 4) is 0 Å². The summed E-state index contributed by atoms with van der Waals surface area (Å²) < 4.78 is 3.27. The number of anilines is 1. The van der Waals surface area contributed by atoms with Crippen molar-refractivity contribution < 1.29 is 0 Å². The smallest absolute Gasteiger partial charge is 0.140 e. The highest BCUT2D eigenvalue weighted by Gasteiger charge is 2.22. The van der Waals surface area contributed by atoms with Gasteiger partial charge in [0.25, 0.3) is 0 Å². The number of nitrogens with zero attached hydrogens (tertiary/aromatic N) is 2. The molecule has 0 aliphatic rings. The number of aryl methyl sites for hydroxylation is 2. The fraction of sp³-hybridized carbons (Fsp3) is 0.136. The minimum absolute atomic E-state index is 0.00850. The Morgan fingerprint density at radius 2 is 1.65 bits per heavy atom. The largest absolute Gasteiger partial charge is 0.373 e. The van der Waals surface area contributed by atoms with E-state index < -0.39 is 0 Å². The normalized spacial score (nSPS) is 12.3. The van der Waals surface area contributed by atoms with E-state index in [1.807, 2.05) is 6.07 Å². The molecule has 0 saturated heterocycles. The number of nitrogens with one attached hydrogen (secondary N) is 1. The van der Waals surface area contributed by atoms with Crippen molar-refractivity contribution in [1.29, 1.82) is 0 Å². The summed E-state index contributed by atoms with van der Waals surface area (Å²) in [5, 5.41) is 3.70. The summed E-state index contributed by atoms with van der Waals surface area (Å²) in [7, 11) is 0. The number of rotatable bonds is 4. The number of pyridine rings is 1. The lowest BCUT2D eigenvalue weighted by Crippen LogP contribution is -2.15. The van der Waals surface area contributed by atoms with Crippen molar-refractivity contribution in [3.05, 3.63) is 99.9 Å². The minimum atomic E-state index is 0.00850. The monoisotopic (exact) mass is 405 g/mol. The Bertz CT molecular complexity index is 1040. The zero-order valence-corrected chi connectivity index (χ0v) is 16.4. The molecule has 1 unspecified atom stereocenters. The molecule has 4 rings (SSSR count). The zero-order valence-electron chi connectivity index (χ0n) is 14.8. The fourth-order valence-corrected chi connectivity index (χ4v) is 3.62. The van der Waals surface area contributed by atoms with Crippen LogP contribution in [0, 0.1) is 13.8 Å². The molecule has 2 aromatic heterocycles. The third-order valence-electron chi connectivity index (χ3n) is 4.63. The van der Waals surface area contributed by atoms with E-state index in [4.69, 9.17) is 4.98 Å². The van der Waals surface area contributed by atoms with Gasteiger partial charge >= 0.3 is 0 Å². The molecule has 3 nitrogen and oxygen atoms in total. The van der Waals surface area contributed by atoms with Gasteiger partial charge in [-0.1, -0.05) is 52.3 Å². The van der Waals surface area contributed by atoms with Crippen LogP contribution in [-0.2, 0) is 0 Å². The summed E-state index contributed by atoms with van der Waals surface area (Å²) in [4.78, 5) is 4.83. The maximum atomic E-state index is 4.83. The van der Waals surface area contributed by atoms with Crippen LogP contribution in [0.25, 0.3) is 5.65 Å². The third kappa shape index (κ3) is 3.13. The van der Waals surface area contributed by atoms with Gasteiger partial charge in [0.2, 0.25) is 0 Å². The summed E-state index contributed by atoms with van der Waals surface area (Å²) in [5.41, 5.74) is 6.68. The molecule has 0 aliphatic heterocycles. The summed E-state index contributed by atoms with van der Waals surface area (Å²) in [6.07, 6.45) is 2.09. The molecular formula is C22H20BrN3. The molecule has 1 atom stereocenters. The van der Waals surface area contributed by atoms with Crippen LogP contribution in [-0.4, -0.2) is 9.38 Å². The summed E-state index contributed by atoms with van der Waals surface area (Å²) in [6.45, 7) is 4.19. The van der Waals surface area contributed by atoms with Gasteiger partial charge in [-0.3, -0.25) is 0 Å². The van der Waals surface area contributed by atoms with Gasteiger partial charge in [0.05, 0.1) is 17.4 Å². The van der Waals surface area contributed by atoms with Crippen molar-refractivity contribution in [3.63, 3.8) is 0 Å². The molecule has 4 heteroatoms. The van der Waals surface area contributed by atoms with E-state index in [0.29, 0.717) is 0 Å². The van der Waals surface area contributed by atoms with Gasteiger partial charge in [-0.25, -0.2) is 4.98 Å². The first-order valence-electron chi connectivity index (χ1n) is 8.65. The first kappa shape index (κ1) is 16.9. The second kappa shape index (κ2) is 6.96. The fourth-order valence-electron chi connectivity index (χ4n) is 3.35. The standard InChI is InChI=1S/C22H20BrN3/c1-15-7-6-14-26-21(16(2)24-22(15)26)20(17-8-4-3-5-9-17)25-19-12-10-18(23)11-13-19/h3-14,20,25H,1-2H3. The van der Waals surface area contributed by atoms with Crippen molar-refractivity contribution in [2.45, 2.75) is 19.9 Å². The Labute approximate surface area is 161 Å². The molecule has 2 aromatic carbocycles. The quantitative estimate of drug-likeness (QED) is 0.456. The molecular weight excluding hydrogens is 386 g/mol. The van der Waals surface area contributed by atoms with Gasteiger partial charge in [0.1, 0.15) is 5.65 Å². The van der Waals surface area contributed by atoms with E-state index in [2.05, 4.69) is 106 Å². The molecule has 1 N–H and O–H groups in total. The molecule has 130 valence electrons. The van der Waals surface area contributed by atoms with Crippen molar-refractivity contribution in [1.82, 2.24) is 9.38 Å². The highest BCUT2D eigenvalue weighted by Crippen LogP contribution is 2.30. The number of aromatic nitrogens is 2. The second-order valence-electron chi connectivity index (χ2n) is 6.46. The van der Waals surface area contributed by atoms with Gasteiger partial charge < -0.3 is 9.72 Å². The van der Waals surface area contributed by atoms with Crippen LogP contribution in [0.3, 0.4) is 0 Å². The average Bonchev–Trinajstić information content (AvgIpc) is 2.99. The van der Waals surface area contributed by atoms with E-state index in [0.717, 1.165) is 27.2 Å². The molecule has 0 bridgehead atoms. The Morgan fingerprint density at radius 1 is 0.923 bits per heavy atom. The Hall–Kier alpha value is -2.59. The maximum Gasteiger partial charge on any atom is 0.140 e. The van der Waals surface area contributed by atoms with E-state index in [9.17, 15) is 0 Å². The number of hydrogen-bond acceptors (Lipinski definition) is 2. The summed E-state index contributed by atoms with van der Waals surface area (Å²) >= 11 is 3.51. The molecule has 0 radical (unpaired) electrons. The summed E-state index contributed by atoms with van der Waals surface area (Å²) in [6, 6.07) is 23.0. The average molecular weight is 406 g/mol. The van der Waals surface area contributed by atoms with Crippen LogP contribution in [0.2, 0.25) is 0 Å². The third-order valence-corrected chi connectivity index (χ3v) is 5.16. The van der Waals surface area contributed by atoms with Gasteiger partial charge in [0, 0.05) is 16.4 Å². The first-order valence-corrected chi connectivity index (χ1v) is 9.44. The van der Waals surface area contributed by atoms with Crippen LogP contribution >= 0.6 is 15.9 Å². The van der Waals surface area contributed by atoms with Crippen LogP contribution in [0.5, 0.6) is 0 Å². The molecule has 26 heavy (non-hydrogen) atoms. The molecule has 0 spiro atoms. The summed E-state index contributed by atoms with van der Waals surface area (Å²) in [5.74, 6) is 0. The van der Waals surface area contributed by atoms with Crippen LogP contribution < -0.4 is 5.32 Å². The predicted molar refractivity (Wildman–Crippen MR) is 111 cm³/mol. The van der Waals surface area contributed by atoms with E-state index in [1.54, 1.807) is 0 Å². The van der Waals surface area contributed by atoms with Crippen LogP contribution in [0.4, 0.5) is 5.69 Å². The maximum absolute atomic E-state index is 4.83. The lowest BCUT2D eigenvalue weighted by molar-refractivity contribution is 0.856. The predicted octanol–water partition coefficient (Wildman–Crippen LogP) is 5.92. The Balaban J connectivity index is 1.87. The first-order chi connectivity index (χ1) is 12.6. The van der Waals surface area contributed by atoms with Gasteiger partial charge in [-0.2, -0.15) is 0 Å². The second-order valence-corrected chi connectivity index (χ2v) is 7.38. The molecule has 0 saturated carbocycles. The molecule has 0 fully saturated rings. The lowest BCUT2D eigenvalue weighted by atomic mass is 10.0. The van der Waals surface area contributed by atoms with Crippen LogP contribution in [0.1, 0.15) is 28.6 Å². The van der Waals surface area contributed by atoms with Crippen molar-refractivity contribution in [2.24, 2.45) is 0 Å². The van der Waals surface area contributed by atoms with E-state index in [1.165, 1.54) is 11.1 Å². The van der Waals surface area contributed by atoms with E-state index in [-0.39, 0.29) is 6.04 Å². The van der Waals surface area contributed by atoms with Gasteiger partial charge in [-0.15, -0.1) is 0 Å². The SMILES string of the molecule is Cc1nc2c(C)cccn2c1C(Nc1ccc(Br)cc1)c1ccccc1. The zero-order chi connectivity index (χ0) is 18.1. The number of halogens is 1. The number of hydrogen-bond donors (Lipinski definition) is 1. The Morgan fingerprint density at radius 3 is 2.38 bits per heavy atom. The highest BCUT2D eigenvalue weighted by atomic mass is 79.9. The number of benzene rings is 2. The molecule has 2 heterocycles.